The van der Waals surface area contributed by atoms with E-state index >= 15 is 0 Å². The van der Waals surface area contributed by atoms with E-state index in [0.29, 0.717) is 11.5 Å². The Morgan fingerprint density at radius 3 is 1.94 bits per heavy atom. The SMILES string of the molecule is c1ccc2cc(-c3ccc(-c4nc(-n5c6ccccc6c6cc7ccc8oc9ccccc9c8c7cc65)nc5c4oc4ccccc45)cc3)ccc2c1. The van der Waals surface area contributed by atoms with Crippen molar-refractivity contribution in [2.45, 2.75) is 0 Å². The van der Waals surface area contributed by atoms with Crippen molar-refractivity contribution in [1.29, 1.82) is 0 Å². The van der Waals surface area contributed by atoms with Crippen LogP contribution in [0.15, 0.2) is 173 Å². The minimum atomic E-state index is 0.590. The fraction of sp³-hybridized carbons (Fsp3) is 0. The average Bonchev–Trinajstić information content (AvgIpc) is 3.89. The first kappa shape index (κ1) is 28.5. The van der Waals surface area contributed by atoms with Crippen molar-refractivity contribution in [3.05, 3.63) is 164 Å². The summed E-state index contributed by atoms with van der Waals surface area (Å²) in [5, 5.41) is 10.2. The van der Waals surface area contributed by atoms with Gasteiger partial charge in [0.25, 0.3) is 0 Å². The Bertz CT molecular complexity index is 3460. The van der Waals surface area contributed by atoms with Crippen LogP contribution in [0.2, 0.25) is 0 Å². The molecule has 0 fully saturated rings. The largest absolute Gasteiger partial charge is 0.456 e. The third kappa shape index (κ3) is 4.13. The van der Waals surface area contributed by atoms with Gasteiger partial charge in [-0.1, -0.05) is 115 Å². The molecule has 8 aromatic carbocycles. The Balaban J connectivity index is 1.12. The van der Waals surface area contributed by atoms with Gasteiger partial charge in [0.2, 0.25) is 5.95 Å². The summed E-state index contributed by atoms with van der Waals surface area (Å²) in [6.45, 7) is 0. The summed E-state index contributed by atoms with van der Waals surface area (Å²) < 4.78 is 15.1. The van der Waals surface area contributed by atoms with E-state index in [2.05, 4.69) is 138 Å². The van der Waals surface area contributed by atoms with Gasteiger partial charge in [-0.05, 0) is 81.2 Å². The van der Waals surface area contributed by atoms with Gasteiger partial charge in [0.15, 0.2) is 5.58 Å². The van der Waals surface area contributed by atoms with E-state index in [4.69, 9.17) is 18.8 Å². The second-order valence-electron chi connectivity index (χ2n) is 13.8. The molecule has 4 aromatic heterocycles. The summed E-state index contributed by atoms with van der Waals surface area (Å²) in [6.07, 6.45) is 0. The number of fused-ring (bicyclic) bond motifs is 12. The van der Waals surface area contributed by atoms with Crippen LogP contribution in [0.4, 0.5) is 0 Å². The van der Waals surface area contributed by atoms with Crippen molar-refractivity contribution >= 4 is 87.4 Å². The first-order valence-corrected chi connectivity index (χ1v) is 17.8. The van der Waals surface area contributed by atoms with Crippen molar-refractivity contribution in [1.82, 2.24) is 14.5 Å². The maximum Gasteiger partial charge on any atom is 0.236 e. The number of furan rings is 2. The van der Waals surface area contributed by atoms with E-state index in [1.54, 1.807) is 0 Å². The van der Waals surface area contributed by atoms with Crippen LogP contribution in [-0.2, 0) is 0 Å². The molecule has 53 heavy (non-hydrogen) atoms. The molecule has 0 N–H and O–H groups in total. The van der Waals surface area contributed by atoms with Crippen LogP contribution in [0.1, 0.15) is 0 Å². The first-order chi connectivity index (χ1) is 26.2. The van der Waals surface area contributed by atoms with Gasteiger partial charge in [-0.2, -0.15) is 0 Å². The molecular weight excluding hydrogens is 651 g/mol. The van der Waals surface area contributed by atoms with Gasteiger partial charge in [0.1, 0.15) is 28.0 Å². The lowest BCUT2D eigenvalue weighted by Crippen LogP contribution is -2.03. The standard InChI is InChI=1S/C48H27N3O2/c1-2-10-31-25-32(22-19-28(31)9-1)29-17-20-30(21-18-29)45-47-46(36-13-5-8-16-42(36)53-47)50-48(49-45)51-39-14-6-3-11-34(39)38-26-33-23-24-43-44(37(33)27-40(38)51)35-12-4-7-15-41(35)52-43/h1-27H. The Hall–Kier alpha value is -7.24. The molecule has 0 radical (unpaired) electrons. The summed E-state index contributed by atoms with van der Waals surface area (Å²) in [7, 11) is 0. The van der Waals surface area contributed by atoms with Gasteiger partial charge in [-0.3, -0.25) is 4.57 Å². The van der Waals surface area contributed by atoms with Gasteiger partial charge in [-0.15, -0.1) is 0 Å². The Labute approximate surface area is 302 Å². The average molecular weight is 678 g/mol. The zero-order valence-corrected chi connectivity index (χ0v) is 28.2. The highest BCUT2D eigenvalue weighted by atomic mass is 16.3. The number of hydrogen-bond acceptors (Lipinski definition) is 4. The molecule has 0 aliphatic heterocycles. The van der Waals surface area contributed by atoms with Crippen molar-refractivity contribution in [3.8, 4) is 28.3 Å². The van der Waals surface area contributed by atoms with Crippen LogP contribution in [-0.4, -0.2) is 14.5 Å². The number of aromatic nitrogens is 3. The lowest BCUT2D eigenvalue weighted by atomic mass is 9.99. The van der Waals surface area contributed by atoms with Crippen LogP contribution in [0.3, 0.4) is 0 Å². The molecule has 5 nitrogen and oxygen atoms in total. The maximum absolute atomic E-state index is 6.54. The second-order valence-corrected chi connectivity index (χ2v) is 13.8. The molecule has 0 aliphatic rings. The normalized spacial score (nSPS) is 12.2. The molecule has 0 bridgehead atoms. The summed E-state index contributed by atoms with van der Waals surface area (Å²) in [4.78, 5) is 10.7. The third-order valence-corrected chi connectivity index (χ3v) is 10.8. The van der Waals surface area contributed by atoms with Crippen LogP contribution in [0.5, 0.6) is 0 Å². The molecule has 12 aromatic rings. The fourth-order valence-corrected chi connectivity index (χ4v) is 8.29. The first-order valence-electron chi connectivity index (χ1n) is 17.8. The highest BCUT2D eigenvalue weighted by Crippen LogP contribution is 2.41. The summed E-state index contributed by atoms with van der Waals surface area (Å²) >= 11 is 0. The molecule has 246 valence electrons. The van der Waals surface area contributed by atoms with Crippen LogP contribution in [0, 0.1) is 0 Å². The van der Waals surface area contributed by atoms with Crippen LogP contribution < -0.4 is 0 Å². The van der Waals surface area contributed by atoms with E-state index in [1.165, 1.54) is 16.3 Å². The quantitative estimate of drug-likeness (QED) is 0.187. The van der Waals surface area contributed by atoms with Crippen molar-refractivity contribution < 1.29 is 8.83 Å². The molecule has 0 unspecified atom stereocenters. The van der Waals surface area contributed by atoms with E-state index in [1.807, 2.05) is 30.3 Å². The van der Waals surface area contributed by atoms with Crippen LogP contribution >= 0.6 is 0 Å². The molecule has 4 heterocycles. The van der Waals surface area contributed by atoms with E-state index < -0.39 is 0 Å². The number of benzene rings is 8. The highest BCUT2D eigenvalue weighted by molar-refractivity contribution is 6.23. The molecular formula is C48H27N3O2. The van der Waals surface area contributed by atoms with Gasteiger partial charge in [0.05, 0.1) is 11.0 Å². The second kappa shape index (κ2) is 10.6. The van der Waals surface area contributed by atoms with E-state index in [-0.39, 0.29) is 0 Å². The van der Waals surface area contributed by atoms with Gasteiger partial charge >= 0.3 is 0 Å². The molecule has 0 saturated heterocycles. The summed E-state index contributed by atoms with van der Waals surface area (Å²) in [6, 6.07) is 57.4. The topological polar surface area (TPSA) is 57.0 Å². The molecule has 0 amide bonds. The predicted molar refractivity (Wildman–Crippen MR) is 217 cm³/mol. The van der Waals surface area contributed by atoms with Crippen LogP contribution in [0.25, 0.3) is 116 Å². The zero-order valence-electron chi connectivity index (χ0n) is 28.2. The summed E-state index contributed by atoms with van der Waals surface area (Å²) in [5.74, 6) is 0.590. The number of para-hydroxylation sites is 3. The minimum absolute atomic E-state index is 0.590. The smallest absolute Gasteiger partial charge is 0.236 e. The molecule has 5 heteroatoms. The monoisotopic (exact) mass is 677 g/mol. The predicted octanol–water partition coefficient (Wildman–Crippen LogP) is 13.0. The molecule has 0 spiro atoms. The van der Waals surface area contributed by atoms with E-state index in [0.717, 1.165) is 87.8 Å². The Morgan fingerprint density at radius 1 is 0.396 bits per heavy atom. The Kier molecular flexibility index (Phi) is 5.71. The minimum Gasteiger partial charge on any atom is -0.456 e. The molecule has 0 atom stereocenters. The van der Waals surface area contributed by atoms with Crippen molar-refractivity contribution in [2.24, 2.45) is 0 Å². The van der Waals surface area contributed by atoms with Crippen molar-refractivity contribution in [2.75, 3.05) is 0 Å². The number of rotatable bonds is 3. The van der Waals surface area contributed by atoms with Gasteiger partial charge in [-0.25, -0.2) is 9.97 Å². The van der Waals surface area contributed by atoms with Crippen molar-refractivity contribution in [3.63, 3.8) is 0 Å². The third-order valence-electron chi connectivity index (χ3n) is 10.8. The number of hydrogen-bond donors (Lipinski definition) is 0. The lowest BCUT2D eigenvalue weighted by Gasteiger charge is -2.11. The molecule has 0 saturated carbocycles. The molecule has 12 rings (SSSR count). The van der Waals surface area contributed by atoms with Gasteiger partial charge in [0, 0.05) is 32.5 Å². The zero-order chi connectivity index (χ0) is 34.6. The van der Waals surface area contributed by atoms with E-state index in [9.17, 15) is 0 Å². The number of nitrogens with zero attached hydrogens (tertiary/aromatic N) is 3. The van der Waals surface area contributed by atoms with Gasteiger partial charge < -0.3 is 8.83 Å². The maximum atomic E-state index is 6.54. The fourth-order valence-electron chi connectivity index (χ4n) is 8.29. The summed E-state index contributed by atoms with van der Waals surface area (Å²) in [5.41, 5.74) is 10.1. The Morgan fingerprint density at radius 2 is 1.08 bits per heavy atom. The highest BCUT2D eigenvalue weighted by Gasteiger charge is 2.22. The molecule has 0 aliphatic carbocycles. The lowest BCUT2D eigenvalue weighted by molar-refractivity contribution is 0.666.